The molecule has 0 unspecified atom stereocenters. The lowest BCUT2D eigenvalue weighted by molar-refractivity contribution is -0.121. The van der Waals surface area contributed by atoms with Crippen LogP contribution in [-0.4, -0.2) is 76.1 Å². The van der Waals surface area contributed by atoms with Crippen molar-refractivity contribution >= 4 is 46.1 Å². The number of nitrogens with zero attached hydrogens (tertiary/aromatic N) is 5. The number of β-amino-alcohol motifs (C(OH)–C–C–N with tert-alkyl or cyclic N) is 1. The summed E-state index contributed by atoms with van der Waals surface area (Å²) >= 11 is 6.46. The van der Waals surface area contributed by atoms with E-state index in [1.807, 2.05) is 13.0 Å². The van der Waals surface area contributed by atoms with Gasteiger partial charge in [0.25, 0.3) is 11.5 Å². The van der Waals surface area contributed by atoms with Crippen molar-refractivity contribution in [1.29, 1.82) is 5.26 Å². The van der Waals surface area contributed by atoms with Crippen molar-refractivity contribution < 1.29 is 9.90 Å². The third-order valence-electron chi connectivity index (χ3n) is 5.51. The molecule has 0 bridgehead atoms. The number of thioether (sulfide) groups is 1. The lowest BCUT2D eigenvalue weighted by Crippen LogP contribution is -2.49. The van der Waals surface area contributed by atoms with Crippen LogP contribution in [0.25, 0.3) is 6.08 Å². The molecule has 1 N–H and O–H groups in total. The number of hydrogen-bond donors (Lipinski definition) is 1. The van der Waals surface area contributed by atoms with Gasteiger partial charge in [0.2, 0.25) is 0 Å². The highest BCUT2D eigenvalue weighted by molar-refractivity contribution is 8.26. The van der Waals surface area contributed by atoms with Crippen LogP contribution < -0.4 is 10.5 Å². The minimum absolute atomic E-state index is 0.0951. The van der Waals surface area contributed by atoms with Gasteiger partial charge in [-0.1, -0.05) is 24.0 Å². The van der Waals surface area contributed by atoms with Gasteiger partial charge in [-0.15, -0.1) is 0 Å². The molecule has 0 atom stereocenters. The van der Waals surface area contributed by atoms with Crippen molar-refractivity contribution in [3.05, 3.63) is 31.9 Å². The maximum absolute atomic E-state index is 13.0. The number of nitriles is 1. The second-order valence-corrected chi connectivity index (χ2v) is 8.87. The van der Waals surface area contributed by atoms with E-state index in [4.69, 9.17) is 12.2 Å². The number of likely N-dealkylation sites (N-methyl/N-ethyl adjacent to an activating group) is 1. The summed E-state index contributed by atoms with van der Waals surface area (Å²) in [5.74, 6) is 0.542. The van der Waals surface area contributed by atoms with Gasteiger partial charge in [-0.25, -0.2) is 0 Å². The van der Waals surface area contributed by atoms with E-state index in [2.05, 4.69) is 9.80 Å². The molecule has 2 saturated heterocycles. The van der Waals surface area contributed by atoms with Crippen molar-refractivity contribution in [2.45, 2.75) is 20.4 Å². The molecule has 0 radical (unpaired) electrons. The second kappa shape index (κ2) is 9.31. The molecule has 0 saturated carbocycles. The van der Waals surface area contributed by atoms with Crippen LogP contribution >= 0.6 is 24.0 Å². The topological polar surface area (TPSA) is 92.8 Å². The molecule has 3 heterocycles. The minimum atomic E-state index is -0.314. The van der Waals surface area contributed by atoms with Gasteiger partial charge in [-0.3, -0.25) is 24.0 Å². The molecule has 160 valence electrons. The monoisotopic (exact) mass is 447 g/mol. The number of thiocarbonyl (C=S) groups is 1. The van der Waals surface area contributed by atoms with Crippen LogP contribution in [-0.2, 0) is 11.3 Å². The van der Waals surface area contributed by atoms with Crippen LogP contribution in [0.15, 0.2) is 9.70 Å². The first-order valence-electron chi connectivity index (χ1n) is 9.81. The molecule has 1 aromatic heterocycles. The first kappa shape index (κ1) is 22.5. The number of hydrogen-bond acceptors (Lipinski definition) is 8. The lowest BCUT2D eigenvalue weighted by Gasteiger charge is -2.37. The van der Waals surface area contributed by atoms with Gasteiger partial charge in [-0.2, -0.15) is 5.26 Å². The number of anilines is 1. The summed E-state index contributed by atoms with van der Waals surface area (Å²) < 4.78 is 2.10. The molecule has 8 nitrogen and oxygen atoms in total. The normalized spacial score (nSPS) is 19.1. The first-order valence-corrected chi connectivity index (χ1v) is 11.0. The Morgan fingerprint density at radius 1 is 1.27 bits per heavy atom. The SMILES string of the molecule is CCn1c(N2CCN(CCO)CC2)c(/C=C2\SC(=S)N(C)C2=O)c(C)c(C#N)c1=O. The van der Waals surface area contributed by atoms with Crippen LogP contribution in [0.2, 0.25) is 0 Å². The number of aliphatic hydroxyl groups is 1. The number of aromatic nitrogens is 1. The Morgan fingerprint density at radius 2 is 1.93 bits per heavy atom. The highest BCUT2D eigenvalue weighted by Gasteiger charge is 2.31. The van der Waals surface area contributed by atoms with Crippen LogP contribution in [0.3, 0.4) is 0 Å². The number of carbonyl (C=O) groups is 1. The first-order chi connectivity index (χ1) is 14.3. The molecule has 3 rings (SSSR count). The third kappa shape index (κ3) is 4.03. The van der Waals surface area contributed by atoms with Crippen molar-refractivity contribution in [2.24, 2.45) is 0 Å². The molecular weight excluding hydrogens is 422 g/mol. The molecule has 0 aliphatic carbocycles. The van der Waals surface area contributed by atoms with Crippen LogP contribution in [0.1, 0.15) is 23.6 Å². The zero-order valence-corrected chi connectivity index (χ0v) is 19.0. The predicted molar refractivity (Wildman–Crippen MR) is 123 cm³/mol. The third-order valence-corrected chi connectivity index (χ3v) is 7.00. The van der Waals surface area contributed by atoms with Crippen molar-refractivity contribution in [3.8, 4) is 6.07 Å². The van der Waals surface area contributed by atoms with E-state index in [0.717, 1.165) is 18.9 Å². The number of amides is 1. The second-order valence-electron chi connectivity index (χ2n) is 7.19. The van der Waals surface area contributed by atoms with Crippen molar-refractivity contribution in [2.75, 3.05) is 51.3 Å². The van der Waals surface area contributed by atoms with Gasteiger partial charge < -0.3 is 10.0 Å². The fourth-order valence-corrected chi connectivity index (χ4v) is 4.94. The summed E-state index contributed by atoms with van der Waals surface area (Å²) in [6.07, 6.45) is 1.76. The van der Waals surface area contributed by atoms with E-state index >= 15 is 0 Å². The Kier molecular flexibility index (Phi) is 6.98. The van der Waals surface area contributed by atoms with Crippen LogP contribution in [0, 0.1) is 18.3 Å². The molecule has 2 fully saturated rings. The number of aliphatic hydroxyl groups excluding tert-OH is 1. The van der Waals surface area contributed by atoms with E-state index in [1.54, 1.807) is 24.6 Å². The molecule has 1 amide bonds. The molecule has 0 spiro atoms. The number of rotatable bonds is 5. The summed E-state index contributed by atoms with van der Waals surface area (Å²) in [6.45, 7) is 7.65. The Hall–Kier alpha value is -2.19. The molecular formula is C20H25N5O3S2. The van der Waals surface area contributed by atoms with Gasteiger partial charge >= 0.3 is 0 Å². The quantitative estimate of drug-likeness (QED) is 0.528. The van der Waals surface area contributed by atoms with Crippen LogP contribution in [0.4, 0.5) is 5.82 Å². The largest absolute Gasteiger partial charge is 0.395 e. The summed E-state index contributed by atoms with van der Waals surface area (Å²) in [5, 5.41) is 18.8. The Morgan fingerprint density at radius 3 is 2.43 bits per heavy atom. The number of piperazine rings is 1. The zero-order valence-electron chi connectivity index (χ0n) is 17.3. The Bertz CT molecular complexity index is 1000. The average molecular weight is 448 g/mol. The fourth-order valence-electron chi connectivity index (χ4n) is 3.78. The van der Waals surface area contributed by atoms with Gasteiger partial charge in [0.1, 0.15) is 21.8 Å². The molecule has 0 aromatic carbocycles. The maximum atomic E-state index is 13.0. The van der Waals surface area contributed by atoms with Gasteiger partial charge in [0, 0.05) is 51.9 Å². The van der Waals surface area contributed by atoms with E-state index in [9.17, 15) is 20.0 Å². The van der Waals surface area contributed by atoms with E-state index < -0.39 is 0 Å². The standard InChI is InChI=1S/C20H25N5O3S2/c1-4-25-17(24-7-5-23(6-8-24)9-10-26)14(13(2)15(12-21)18(25)27)11-16-19(28)22(3)20(29)30-16/h11,26H,4-10H2,1-3H3/b16-11-. The predicted octanol–water partition coefficient (Wildman–Crippen LogP) is 0.994. The highest BCUT2D eigenvalue weighted by Crippen LogP contribution is 2.35. The molecule has 10 heteroatoms. The molecule has 30 heavy (non-hydrogen) atoms. The van der Waals surface area contributed by atoms with E-state index in [1.165, 1.54) is 16.7 Å². The minimum Gasteiger partial charge on any atom is -0.395 e. The van der Waals surface area contributed by atoms with Crippen molar-refractivity contribution in [1.82, 2.24) is 14.4 Å². The molecule has 2 aliphatic rings. The van der Waals surface area contributed by atoms with Gasteiger partial charge in [0.05, 0.1) is 11.5 Å². The smallest absolute Gasteiger partial charge is 0.270 e. The summed E-state index contributed by atoms with van der Waals surface area (Å²) in [5.41, 5.74) is 1.06. The Balaban J connectivity index is 2.16. The summed E-state index contributed by atoms with van der Waals surface area (Å²) in [4.78, 5) is 31.8. The zero-order chi connectivity index (χ0) is 22.0. The number of pyridine rings is 1. The van der Waals surface area contributed by atoms with Gasteiger partial charge in [-0.05, 0) is 25.5 Å². The lowest BCUT2D eigenvalue weighted by atomic mass is 10.0. The average Bonchev–Trinajstić information content (AvgIpc) is 2.97. The van der Waals surface area contributed by atoms with Crippen molar-refractivity contribution in [3.63, 3.8) is 0 Å². The van der Waals surface area contributed by atoms with E-state index in [-0.39, 0.29) is 23.6 Å². The maximum Gasteiger partial charge on any atom is 0.270 e. The van der Waals surface area contributed by atoms with E-state index in [0.29, 0.717) is 46.5 Å². The molecule has 1 aromatic rings. The van der Waals surface area contributed by atoms with Gasteiger partial charge in [0.15, 0.2) is 0 Å². The van der Waals surface area contributed by atoms with Crippen LogP contribution in [0.5, 0.6) is 0 Å². The number of carbonyl (C=O) groups excluding carboxylic acids is 1. The fraction of sp³-hybridized carbons (Fsp3) is 0.500. The Labute approximate surface area is 185 Å². The summed E-state index contributed by atoms with van der Waals surface area (Å²) in [7, 11) is 1.64. The summed E-state index contributed by atoms with van der Waals surface area (Å²) in [6, 6.07) is 2.04. The highest BCUT2D eigenvalue weighted by atomic mass is 32.2. The molecule has 2 aliphatic heterocycles.